The molecule has 0 amide bonds. The summed E-state index contributed by atoms with van der Waals surface area (Å²) >= 11 is 4.12. The first-order chi connectivity index (χ1) is 10.9. The highest BCUT2D eigenvalue weighted by Gasteiger charge is 2.39. The second-order valence-corrected chi connectivity index (χ2v) is 5.13. The van der Waals surface area contributed by atoms with Gasteiger partial charge >= 0.3 is 6.18 Å². The van der Waals surface area contributed by atoms with E-state index in [0.717, 1.165) is 4.68 Å². The predicted molar refractivity (Wildman–Crippen MR) is 81.3 cm³/mol. The second kappa shape index (κ2) is 5.58. The van der Waals surface area contributed by atoms with E-state index in [1.165, 1.54) is 24.5 Å². The van der Waals surface area contributed by atoms with E-state index in [4.69, 9.17) is 5.73 Å². The minimum Gasteiger partial charge on any atom is -0.383 e. The van der Waals surface area contributed by atoms with Crippen molar-refractivity contribution in [1.29, 1.82) is 0 Å². The molecule has 0 bridgehead atoms. The summed E-state index contributed by atoms with van der Waals surface area (Å²) in [6.45, 7) is 0. The Kier molecular flexibility index (Phi) is 3.72. The van der Waals surface area contributed by atoms with Crippen LogP contribution in [-0.2, 0) is 6.18 Å². The number of hydrogen-bond donors (Lipinski definition) is 2. The zero-order valence-electron chi connectivity index (χ0n) is 11.5. The highest BCUT2D eigenvalue weighted by atomic mass is 32.1. The summed E-state index contributed by atoms with van der Waals surface area (Å²) in [6, 6.07) is 7.70. The average molecular weight is 337 g/mol. The number of thiol groups is 1. The van der Waals surface area contributed by atoms with Crippen LogP contribution in [0.1, 0.15) is 5.69 Å². The molecule has 0 atom stereocenters. The molecule has 0 fully saturated rings. The molecule has 2 N–H and O–H groups in total. The van der Waals surface area contributed by atoms with Crippen LogP contribution in [0.4, 0.5) is 19.0 Å². The highest BCUT2D eigenvalue weighted by Crippen LogP contribution is 2.40. The third-order valence-electron chi connectivity index (χ3n) is 3.09. The van der Waals surface area contributed by atoms with Crippen molar-refractivity contribution in [2.75, 3.05) is 5.73 Å². The Balaban J connectivity index is 2.25. The molecule has 2 heterocycles. The van der Waals surface area contributed by atoms with Gasteiger partial charge in [-0.25, -0.2) is 9.97 Å². The lowest BCUT2D eigenvalue weighted by atomic mass is 10.1. The van der Waals surface area contributed by atoms with Gasteiger partial charge in [0.05, 0.1) is 5.56 Å². The van der Waals surface area contributed by atoms with Crippen LogP contribution in [0, 0.1) is 0 Å². The Morgan fingerprint density at radius 3 is 2.22 bits per heavy atom. The van der Waals surface area contributed by atoms with Crippen LogP contribution in [0.15, 0.2) is 47.6 Å². The zero-order valence-corrected chi connectivity index (χ0v) is 12.4. The molecule has 0 spiro atoms. The molecule has 1 aromatic carbocycles. The van der Waals surface area contributed by atoms with Gasteiger partial charge < -0.3 is 5.73 Å². The summed E-state index contributed by atoms with van der Waals surface area (Å²) in [5.41, 5.74) is 4.89. The first-order valence-electron chi connectivity index (χ1n) is 6.40. The molecule has 5 nitrogen and oxygen atoms in total. The number of benzene rings is 1. The fraction of sp³-hybridized carbons (Fsp3) is 0.0714. The van der Waals surface area contributed by atoms with Crippen molar-refractivity contribution in [2.24, 2.45) is 0 Å². The highest BCUT2D eigenvalue weighted by molar-refractivity contribution is 7.80. The van der Waals surface area contributed by atoms with Gasteiger partial charge in [0, 0.05) is 17.3 Å². The smallest absolute Gasteiger partial charge is 0.383 e. The van der Waals surface area contributed by atoms with E-state index in [0.29, 0.717) is 4.90 Å². The molecule has 9 heteroatoms. The molecule has 3 aromatic rings. The molecule has 0 aliphatic rings. The molecule has 0 saturated carbocycles. The summed E-state index contributed by atoms with van der Waals surface area (Å²) in [5, 5.41) is 3.57. The van der Waals surface area contributed by atoms with E-state index in [-0.39, 0.29) is 22.9 Å². The number of nitrogens with zero attached hydrogens (tertiary/aromatic N) is 4. The molecular weight excluding hydrogens is 327 g/mol. The van der Waals surface area contributed by atoms with Crippen molar-refractivity contribution >= 4 is 18.4 Å². The summed E-state index contributed by atoms with van der Waals surface area (Å²) in [4.78, 5) is 8.39. The quantitative estimate of drug-likeness (QED) is 0.705. The van der Waals surface area contributed by atoms with Gasteiger partial charge in [-0.1, -0.05) is 12.1 Å². The fourth-order valence-corrected chi connectivity index (χ4v) is 2.24. The minimum atomic E-state index is -4.66. The third-order valence-corrected chi connectivity index (χ3v) is 3.39. The number of hydrogen-bond acceptors (Lipinski definition) is 5. The van der Waals surface area contributed by atoms with Crippen molar-refractivity contribution in [1.82, 2.24) is 19.7 Å². The van der Waals surface area contributed by atoms with E-state index in [1.807, 2.05) is 0 Å². The average Bonchev–Trinajstić information content (AvgIpc) is 2.87. The predicted octanol–water partition coefficient (Wildman–Crippen LogP) is 3.22. The van der Waals surface area contributed by atoms with Gasteiger partial charge in [-0.3, -0.25) is 0 Å². The Bertz CT molecular complexity index is 828. The maximum atomic E-state index is 13.3. The Morgan fingerprint density at radius 2 is 1.65 bits per heavy atom. The maximum Gasteiger partial charge on any atom is 0.435 e. The normalized spacial score (nSPS) is 11.7. The van der Waals surface area contributed by atoms with Gasteiger partial charge in [0.15, 0.2) is 5.69 Å². The fourth-order valence-electron chi connectivity index (χ4n) is 2.10. The SMILES string of the molecule is Nc1c(-c2ccc(S)cc2)c(C(F)(F)F)nn1-c1ncccn1. The third kappa shape index (κ3) is 2.87. The maximum absolute atomic E-state index is 13.3. The monoisotopic (exact) mass is 337 g/mol. The molecule has 23 heavy (non-hydrogen) atoms. The first-order valence-corrected chi connectivity index (χ1v) is 6.85. The van der Waals surface area contributed by atoms with Crippen LogP contribution < -0.4 is 5.73 Å². The zero-order chi connectivity index (χ0) is 16.6. The number of nitrogens with two attached hydrogens (primary N) is 1. The molecule has 0 saturated heterocycles. The molecule has 0 aliphatic carbocycles. The number of nitrogen functional groups attached to an aromatic ring is 1. The van der Waals surface area contributed by atoms with Crippen LogP contribution in [0.5, 0.6) is 0 Å². The number of anilines is 1. The summed E-state index contributed by atoms with van der Waals surface area (Å²) < 4.78 is 40.9. The number of aromatic nitrogens is 4. The number of halogens is 3. The van der Waals surface area contributed by atoms with E-state index in [1.54, 1.807) is 18.2 Å². The van der Waals surface area contributed by atoms with Crippen LogP contribution in [0.2, 0.25) is 0 Å². The molecule has 3 rings (SSSR count). The standard InChI is InChI=1S/C14H10F3N5S/c15-14(16,17)11-10(8-2-4-9(23)5-3-8)12(18)22(21-11)13-19-6-1-7-20-13/h1-7,23H,18H2. The van der Waals surface area contributed by atoms with Gasteiger partial charge in [-0.05, 0) is 23.8 Å². The molecule has 0 aliphatic heterocycles. The van der Waals surface area contributed by atoms with E-state index in [2.05, 4.69) is 27.7 Å². The summed E-state index contributed by atoms with van der Waals surface area (Å²) in [5.74, 6) is -0.219. The van der Waals surface area contributed by atoms with Gasteiger partial charge in [-0.15, -0.1) is 12.6 Å². The van der Waals surface area contributed by atoms with Crippen LogP contribution in [-0.4, -0.2) is 19.7 Å². The van der Waals surface area contributed by atoms with Gasteiger partial charge in [0.25, 0.3) is 5.95 Å². The molecule has 2 aromatic heterocycles. The minimum absolute atomic E-state index is 0.0347. The molecular formula is C14H10F3N5S. The number of alkyl halides is 3. The summed E-state index contributed by atoms with van der Waals surface area (Å²) in [7, 11) is 0. The molecule has 0 unspecified atom stereocenters. The van der Waals surface area contributed by atoms with Crippen molar-refractivity contribution in [2.45, 2.75) is 11.1 Å². The second-order valence-electron chi connectivity index (χ2n) is 4.61. The topological polar surface area (TPSA) is 69.6 Å². The van der Waals surface area contributed by atoms with Crippen LogP contribution in [0.25, 0.3) is 17.1 Å². The largest absolute Gasteiger partial charge is 0.435 e. The van der Waals surface area contributed by atoms with Crippen molar-refractivity contribution < 1.29 is 13.2 Å². The van der Waals surface area contributed by atoms with Crippen molar-refractivity contribution in [3.63, 3.8) is 0 Å². The van der Waals surface area contributed by atoms with Gasteiger partial charge in [-0.2, -0.15) is 23.0 Å². The molecule has 0 radical (unpaired) electrons. The Morgan fingerprint density at radius 1 is 1.04 bits per heavy atom. The van der Waals surface area contributed by atoms with Crippen molar-refractivity contribution in [3.05, 3.63) is 48.4 Å². The lowest BCUT2D eigenvalue weighted by Crippen LogP contribution is -2.09. The van der Waals surface area contributed by atoms with Crippen molar-refractivity contribution in [3.8, 4) is 17.1 Å². The Labute approximate surface area is 134 Å². The van der Waals surface area contributed by atoms with E-state index in [9.17, 15) is 13.2 Å². The Hall–Kier alpha value is -2.55. The summed E-state index contributed by atoms with van der Waals surface area (Å²) in [6.07, 6.45) is -1.87. The lowest BCUT2D eigenvalue weighted by Gasteiger charge is -2.07. The van der Waals surface area contributed by atoms with E-state index < -0.39 is 11.9 Å². The lowest BCUT2D eigenvalue weighted by molar-refractivity contribution is -0.140. The van der Waals surface area contributed by atoms with E-state index >= 15 is 0 Å². The first kappa shape index (κ1) is 15.3. The number of rotatable bonds is 2. The van der Waals surface area contributed by atoms with Crippen LogP contribution >= 0.6 is 12.6 Å². The van der Waals surface area contributed by atoms with Gasteiger partial charge in [0.1, 0.15) is 5.82 Å². The van der Waals surface area contributed by atoms with Gasteiger partial charge in [0.2, 0.25) is 0 Å². The molecule has 118 valence electrons. The van der Waals surface area contributed by atoms with Crippen LogP contribution in [0.3, 0.4) is 0 Å².